The molecule has 0 atom stereocenters. The van der Waals surface area contributed by atoms with Crippen LogP contribution < -0.4 is 0 Å². The number of hydrogen-bond acceptors (Lipinski definition) is 4. The lowest BCUT2D eigenvalue weighted by atomic mass is 10.2. The van der Waals surface area contributed by atoms with Crippen molar-refractivity contribution in [3.05, 3.63) is 22.8 Å². The Hall–Kier alpha value is -1.49. The van der Waals surface area contributed by atoms with Gasteiger partial charge in [0.05, 0.1) is 25.3 Å². The highest BCUT2D eigenvalue weighted by molar-refractivity contribution is 5.66. The van der Waals surface area contributed by atoms with Crippen LogP contribution in [-0.4, -0.2) is 21.0 Å². The molecule has 1 aliphatic heterocycles. The molecule has 2 rings (SSSR count). The third-order valence-corrected chi connectivity index (χ3v) is 2.39. The zero-order valence-corrected chi connectivity index (χ0v) is 8.49. The fourth-order valence-electron chi connectivity index (χ4n) is 1.61. The first-order valence-electron chi connectivity index (χ1n) is 4.81. The summed E-state index contributed by atoms with van der Waals surface area (Å²) in [6.07, 6.45) is 0.447. The maximum atomic E-state index is 10.4. The number of ether oxygens (including phenoxy) is 1. The fraction of sp³-hybridized carbons (Fsp3) is 0.500. The van der Waals surface area contributed by atoms with Crippen LogP contribution >= 0.6 is 0 Å². The molecule has 0 radical (unpaired) electrons. The minimum absolute atomic E-state index is 0.0685. The minimum atomic E-state index is -0.826. The molecule has 1 aliphatic rings. The summed E-state index contributed by atoms with van der Waals surface area (Å²) in [6.45, 7) is 2.98. The van der Waals surface area contributed by atoms with E-state index >= 15 is 0 Å². The Morgan fingerprint density at radius 2 is 2.27 bits per heavy atom. The van der Waals surface area contributed by atoms with Gasteiger partial charge in [0.25, 0.3) is 0 Å². The number of rotatable bonds is 3. The molecule has 0 aromatic carbocycles. The van der Waals surface area contributed by atoms with Crippen molar-refractivity contribution >= 4 is 5.97 Å². The molecule has 0 saturated heterocycles. The predicted octanol–water partition coefficient (Wildman–Crippen LogP) is 0.832. The summed E-state index contributed by atoms with van der Waals surface area (Å²) >= 11 is 0. The standard InChI is InChI=1S/C10H12N2O3/c1-6-7-4-15-5-8(7)12-9(11-6)2-3-10(13)14/h2-5H2,1H3,(H,13,14). The molecule has 1 aromatic heterocycles. The Kier molecular flexibility index (Phi) is 2.64. The molecular formula is C10H12N2O3. The molecule has 0 bridgehead atoms. The van der Waals surface area contributed by atoms with E-state index in [1.54, 1.807) is 0 Å². The van der Waals surface area contributed by atoms with Gasteiger partial charge in [0.1, 0.15) is 5.82 Å². The Morgan fingerprint density at radius 1 is 1.47 bits per heavy atom. The largest absolute Gasteiger partial charge is 0.481 e. The zero-order valence-electron chi connectivity index (χ0n) is 8.49. The minimum Gasteiger partial charge on any atom is -0.481 e. The first kappa shape index (κ1) is 10.0. The number of fused-ring (bicyclic) bond motifs is 1. The highest BCUT2D eigenvalue weighted by Gasteiger charge is 2.17. The van der Waals surface area contributed by atoms with Gasteiger partial charge < -0.3 is 9.84 Å². The van der Waals surface area contributed by atoms with E-state index in [4.69, 9.17) is 9.84 Å². The van der Waals surface area contributed by atoms with Gasteiger partial charge in [0.15, 0.2) is 0 Å². The molecule has 15 heavy (non-hydrogen) atoms. The molecule has 0 fully saturated rings. The normalized spacial score (nSPS) is 13.9. The molecule has 2 heterocycles. The molecule has 0 saturated carbocycles. The maximum Gasteiger partial charge on any atom is 0.303 e. The lowest BCUT2D eigenvalue weighted by molar-refractivity contribution is -0.137. The molecule has 0 amide bonds. The Bertz CT molecular complexity index is 404. The van der Waals surface area contributed by atoms with Crippen LogP contribution in [-0.2, 0) is 29.2 Å². The van der Waals surface area contributed by atoms with Crippen LogP contribution in [0.25, 0.3) is 0 Å². The number of carboxylic acid groups (broad SMARTS) is 1. The van der Waals surface area contributed by atoms with Crippen LogP contribution in [0, 0.1) is 6.92 Å². The first-order chi connectivity index (χ1) is 7.16. The molecule has 80 valence electrons. The van der Waals surface area contributed by atoms with Gasteiger partial charge >= 0.3 is 5.97 Å². The second-order valence-corrected chi connectivity index (χ2v) is 3.54. The number of aryl methyl sites for hydroxylation is 2. The summed E-state index contributed by atoms with van der Waals surface area (Å²) in [5.41, 5.74) is 2.86. The lowest BCUT2D eigenvalue weighted by Gasteiger charge is -2.04. The summed E-state index contributed by atoms with van der Waals surface area (Å²) < 4.78 is 5.26. The van der Waals surface area contributed by atoms with Crippen molar-refractivity contribution in [2.75, 3.05) is 0 Å². The molecule has 1 N–H and O–H groups in total. The molecule has 5 nitrogen and oxygen atoms in total. The van der Waals surface area contributed by atoms with E-state index in [9.17, 15) is 4.79 Å². The average Bonchev–Trinajstić information content (AvgIpc) is 2.63. The van der Waals surface area contributed by atoms with Gasteiger partial charge in [-0.1, -0.05) is 0 Å². The first-order valence-corrected chi connectivity index (χ1v) is 4.81. The number of aliphatic carboxylic acids is 1. The van der Waals surface area contributed by atoms with Crippen LogP contribution in [0.4, 0.5) is 0 Å². The van der Waals surface area contributed by atoms with Crippen molar-refractivity contribution in [1.82, 2.24) is 9.97 Å². The van der Waals surface area contributed by atoms with Gasteiger partial charge in [-0.3, -0.25) is 4.79 Å². The zero-order chi connectivity index (χ0) is 10.8. The van der Waals surface area contributed by atoms with Gasteiger partial charge in [-0.15, -0.1) is 0 Å². The molecule has 0 unspecified atom stereocenters. The number of carbonyl (C=O) groups is 1. The van der Waals surface area contributed by atoms with Gasteiger partial charge in [0.2, 0.25) is 0 Å². The van der Waals surface area contributed by atoms with E-state index < -0.39 is 5.97 Å². The predicted molar refractivity (Wildman–Crippen MR) is 51.2 cm³/mol. The van der Waals surface area contributed by atoms with Crippen molar-refractivity contribution < 1.29 is 14.6 Å². The molecular weight excluding hydrogens is 196 g/mol. The van der Waals surface area contributed by atoms with Crippen LogP contribution in [0.5, 0.6) is 0 Å². The Morgan fingerprint density at radius 3 is 3.00 bits per heavy atom. The van der Waals surface area contributed by atoms with Crippen molar-refractivity contribution in [2.45, 2.75) is 33.0 Å². The van der Waals surface area contributed by atoms with E-state index in [1.807, 2.05) is 6.92 Å². The molecule has 5 heteroatoms. The van der Waals surface area contributed by atoms with Crippen LogP contribution in [0.1, 0.15) is 29.2 Å². The summed E-state index contributed by atoms with van der Waals surface area (Å²) in [5.74, 6) is -0.229. The summed E-state index contributed by atoms with van der Waals surface area (Å²) in [4.78, 5) is 19.0. The van der Waals surface area contributed by atoms with Crippen molar-refractivity contribution in [3.63, 3.8) is 0 Å². The van der Waals surface area contributed by atoms with Gasteiger partial charge in [0, 0.05) is 17.7 Å². The average molecular weight is 208 g/mol. The highest BCUT2D eigenvalue weighted by atomic mass is 16.5. The maximum absolute atomic E-state index is 10.4. The second kappa shape index (κ2) is 3.94. The van der Waals surface area contributed by atoms with E-state index in [0.717, 1.165) is 17.0 Å². The van der Waals surface area contributed by atoms with E-state index in [-0.39, 0.29) is 6.42 Å². The van der Waals surface area contributed by atoms with Crippen molar-refractivity contribution in [2.24, 2.45) is 0 Å². The monoisotopic (exact) mass is 208 g/mol. The van der Waals surface area contributed by atoms with Crippen LogP contribution in [0.2, 0.25) is 0 Å². The fourth-order valence-corrected chi connectivity index (χ4v) is 1.61. The number of hydrogen-bond donors (Lipinski definition) is 1. The smallest absolute Gasteiger partial charge is 0.303 e. The van der Waals surface area contributed by atoms with Gasteiger partial charge in [-0.2, -0.15) is 0 Å². The SMILES string of the molecule is Cc1nc(CCC(=O)O)nc2c1COC2. The highest BCUT2D eigenvalue weighted by Crippen LogP contribution is 2.20. The number of carboxylic acids is 1. The van der Waals surface area contributed by atoms with Crippen LogP contribution in [0.3, 0.4) is 0 Å². The molecule has 0 aliphatic carbocycles. The van der Waals surface area contributed by atoms with Crippen molar-refractivity contribution in [1.29, 1.82) is 0 Å². The molecule has 0 spiro atoms. The number of nitrogens with zero attached hydrogens (tertiary/aromatic N) is 2. The van der Waals surface area contributed by atoms with E-state index in [0.29, 0.717) is 25.5 Å². The Labute approximate surface area is 87.1 Å². The topological polar surface area (TPSA) is 72.3 Å². The third-order valence-electron chi connectivity index (χ3n) is 2.39. The van der Waals surface area contributed by atoms with E-state index in [1.165, 1.54) is 0 Å². The number of aromatic nitrogens is 2. The summed E-state index contributed by atoms with van der Waals surface area (Å²) in [5, 5.41) is 8.56. The quantitative estimate of drug-likeness (QED) is 0.796. The van der Waals surface area contributed by atoms with E-state index in [2.05, 4.69) is 9.97 Å². The lowest BCUT2D eigenvalue weighted by Crippen LogP contribution is -2.06. The summed E-state index contributed by atoms with van der Waals surface area (Å²) in [7, 11) is 0. The van der Waals surface area contributed by atoms with Gasteiger partial charge in [-0.25, -0.2) is 9.97 Å². The van der Waals surface area contributed by atoms with Gasteiger partial charge in [-0.05, 0) is 6.92 Å². The molecule has 1 aromatic rings. The third kappa shape index (κ3) is 2.12. The second-order valence-electron chi connectivity index (χ2n) is 3.54. The van der Waals surface area contributed by atoms with Crippen LogP contribution in [0.15, 0.2) is 0 Å². The summed E-state index contributed by atoms with van der Waals surface area (Å²) in [6, 6.07) is 0. The Balaban J connectivity index is 2.20. The van der Waals surface area contributed by atoms with Crippen molar-refractivity contribution in [3.8, 4) is 0 Å².